The van der Waals surface area contributed by atoms with Gasteiger partial charge in [0.15, 0.2) is 0 Å². The number of nitrogens with one attached hydrogen (secondary N) is 1. The van der Waals surface area contributed by atoms with E-state index in [2.05, 4.69) is 17.2 Å². The maximum absolute atomic E-state index is 11.0. The van der Waals surface area contributed by atoms with Crippen LogP contribution in [0.25, 0.3) is 0 Å². The molecule has 5 heteroatoms. The molecule has 0 aliphatic heterocycles. The fourth-order valence-corrected chi connectivity index (χ4v) is 2.76. The van der Waals surface area contributed by atoms with Gasteiger partial charge in [-0.15, -0.1) is 11.3 Å². The van der Waals surface area contributed by atoms with E-state index in [-0.39, 0.29) is 0 Å². The molecule has 1 aromatic heterocycles. The molecule has 0 aromatic carbocycles. The maximum Gasteiger partial charge on any atom is 0.320 e. The van der Waals surface area contributed by atoms with Crippen LogP contribution >= 0.6 is 11.3 Å². The van der Waals surface area contributed by atoms with Crippen LogP contribution in [0.5, 0.6) is 0 Å². The van der Waals surface area contributed by atoms with Gasteiger partial charge in [0.25, 0.3) is 0 Å². The van der Waals surface area contributed by atoms with Crippen LogP contribution in [0.15, 0.2) is 5.38 Å². The van der Waals surface area contributed by atoms with Gasteiger partial charge in [0.1, 0.15) is 6.04 Å². The summed E-state index contributed by atoms with van der Waals surface area (Å²) < 4.78 is 0. The largest absolute Gasteiger partial charge is 0.480 e. The minimum absolute atomic E-state index is 0.321. The van der Waals surface area contributed by atoms with Crippen LogP contribution in [-0.2, 0) is 17.8 Å². The van der Waals surface area contributed by atoms with Crippen molar-refractivity contribution < 1.29 is 9.90 Å². The van der Waals surface area contributed by atoms with Gasteiger partial charge < -0.3 is 5.11 Å². The number of carboxylic acid groups (broad SMARTS) is 1. The zero-order valence-corrected chi connectivity index (χ0v) is 10.8. The van der Waals surface area contributed by atoms with Crippen LogP contribution in [0.3, 0.4) is 0 Å². The Morgan fingerprint density at radius 1 is 1.71 bits per heavy atom. The first-order valence-electron chi connectivity index (χ1n) is 6.10. The fourth-order valence-electron chi connectivity index (χ4n) is 1.86. The molecule has 0 saturated heterocycles. The molecule has 1 aliphatic carbocycles. The van der Waals surface area contributed by atoms with Crippen molar-refractivity contribution in [2.45, 2.75) is 45.2 Å². The summed E-state index contributed by atoms with van der Waals surface area (Å²) in [6.45, 7) is 2.69. The van der Waals surface area contributed by atoms with Crippen LogP contribution in [0.2, 0.25) is 0 Å². The lowest BCUT2D eigenvalue weighted by Crippen LogP contribution is -2.38. The normalized spacial score (nSPS) is 17.0. The zero-order chi connectivity index (χ0) is 12.3. The van der Waals surface area contributed by atoms with Crippen LogP contribution < -0.4 is 5.32 Å². The zero-order valence-electron chi connectivity index (χ0n) is 9.98. The molecule has 94 valence electrons. The molecule has 2 N–H and O–H groups in total. The molecule has 0 spiro atoms. The number of aryl methyl sites for hydroxylation is 1. The summed E-state index contributed by atoms with van der Waals surface area (Å²) in [7, 11) is 0. The van der Waals surface area contributed by atoms with E-state index >= 15 is 0 Å². The second-order valence-electron chi connectivity index (χ2n) is 4.52. The van der Waals surface area contributed by atoms with Gasteiger partial charge in [-0.2, -0.15) is 0 Å². The molecule has 1 atom stereocenters. The van der Waals surface area contributed by atoms with Crippen LogP contribution in [0.1, 0.15) is 36.9 Å². The third kappa shape index (κ3) is 3.51. The lowest BCUT2D eigenvalue weighted by Gasteiger charge is -2.11. The molecule has 2 rings (SSSR count). The summed E-state index contributed by atoms with van der Waals surface area (Å²) in [5.74, 6) is -0.419. The van der Waals surface area contributed by atoms with Gasteiger partial charge >= 0.3 is 5.97 Å². The number of hydrogen-bond acceptors (Lipinski definition) is 4. The van der Waals surface area contributed by atoms with Gasteiger partial charge in [-0.1, -0.05) is 6.92 Å². The molecule has 0 radical (unpaired) electrons. The fraction of sp³-hybridized carbons (Fsp3) is 0.667. The highest BCUT2D eigenvalue weighted by Gasteiger charge is 2.35. The predicted molar refractivity (Wildman–Crippen MR) is 67.1 cm³/mol. The first-order chi connectivity index (χ1) is 8.20. The Bertz CT molecular complexity index is 388. The van der Waals surface area contributed by atoms with Crippen molar-refractivity contribution in [3.05, 3.63) is 16.1 Å². The average molecular weight is 254 g/mol. The molecular formula is C12H18N2O2S. The highest BCUT2D eigenvalue weighted by atomic mass is 32.1. The lowest BCUT2D eigenvalue weighted by molar-refractivity contribution is -0.140. The SMILES string of the molecule is CCCc1nc(CNC(C(=O)O)C2CC2)cs1. The molecule has 1 aliphatic rings. The Morgan fingerprint density at radius 3 is 3.06 bits per heavy atom. The molecular weight excluding hydrogens is 236 g/mol. The first kappa shape index (κ1) is 12.5. The van der Waals surface area contributed by atoms with Crippen molar-refractivity contribution in [1.82, 2.24) is 10.3 Å². The molecule has 0 bridgehead atoms. The summed E-state index contributed by atoms with van der Waals surface area (Å²) >= 11 is 1.66. The van der Waals surface area contributed by atoms with E-state index in [1.165, 1.54) is 0 Å². The Hall–Kier alpha value is -0.940. The van der Waals surface area contributed by atoms with Crippen molar-refractivity contribution in [3.63, 3.8) is 0 Å². The van der Waals surface area contributed by atoms with Crippen molar-refractivity contribution in [3.8, 4) is 0 Å². The van der Waals surface area contributed by atoms with Crippen molar-refractivity contribution in [1.29, 1.82) is 0 Å². The number of nitrogens with zero attached hydrogens (tertiary/aromatic N) is 1. The third-order valence-corrected chi connectivity index (χ3v) is 3.88. The van der Waals surface area contributed by atoms with Crippen LogP contribution in [0.4, 0.5) is 0 Å². The van der Waals surface area contributed by atoms with E-state index in [9.17, 15) is 4.79 Å². The topological polar surface area (TPSA) is 62.2 Å². The van der Waals surface area contributed by atoms with E-state index in [1.807, 2.05) is 5.38 Å². The molecule has 1 aromatic rings. The van der Waals surface area contributed by atoms with Crippen LogP contribution in [-0.4, -0.2) is 22.1 Å². The van der Waals surface area contributed by atoms with Crippen molar-refractivity contribution >= 4 is 17.3 Å². The summed E-state index contributed by atoms with van der Waals surface area (Å²) in [6.07, 6.45) is 4.17. The van der Waals surface area contributed by atoms with E-state index in [4.69, 9.17) is 5.11 Å². The average Bonchev–Trinajstić information content (AvgIpc) is 3.01. The summed E-state index contributed by atoms with van der Waals surface area (Å²) in [4.78, 5) is 15.5. The molecule has 1 heterocycles. The van der Waals surface area contributed by atoms with Crippen molar-refractivity contribution in [2.75, 3.05) is 0 Å². The molecule has 4 nitrogen and oxygen atoms in total. The van der Waals surface area contributed by atoms with Gasteiger partial charge in [0.2, 0.25) is 0 Å². The quantitative estimate of drug-likeness (QED) is 0.781. The number of hydrogen-bond donors (Lipinski definition) is 2. The smallest absolute Gasteiger partial charge is 0.320 e. The number of carboxylic acids is 1. The number of aliphatic carboxylic acids is 1. The molecule has 1 fully saturated rings. The van der Waals surface area contributed by atoms with Gasteiger partial charge in [-0.3, -0.25) is 10.1 Å². The minimum atomic E-state index is -0.739. The number of aromatic nitrogens is 1. The van der Waals surface area contributed by atoms with E-state index < -0.39 is 12.0 Å². The highest BCUT2D eigenvalue weighted by molar-refractivity contribution is 7.09. The summed E-state index contributed by atoms with van der Waals surface area (Å²) in [5.41, 5.74) is 0.963. The first-order valence-corrected chi connectivity index (χ1v) is 6.98. The van der Waals surface area contributed by atoms with Gasteiger partial charge in [0, 0.05) is 11.9 Å². The standard InChI is InChI=1S/C12H18N2O2S/c1-2-3-10-14-9(7-17-10)6-13-11(12(15)16)8-4-5-8/h7-8,11,13H,2-6H2,1H3,(H,15,16). The molecule has 1 saturated carbocycles. The second-order valence-corrected chi connectivity index (χ2v) is 5.46. The minimum Gasteiger partial charge on any atom is -0.480 e. The second kappa shape index (κ2) is 5.60. The summed E-state index contributed by atoms with van der Waals surface area (Å²) in [5, 5.41) is 15.3. The van der Waals surface area contributed by atoms with E-state index in [1.54, 1.807) is 11.3 Å². The Morgan fingerprint density at radius 2 is 2.47 bits per heavy atom. The maximum atomic E-state index is 11.0. The number of carbonyl (C=O) groups is 1. The lowest BCUT2D eigenvalue weighted by atomic mass is 10.2. The molecule has 0 amide bonds. The Balaban J connectivity index is 1.85. The predicted octanol–water partition coefficient (Wildman–Crippen LogP) is 2.05. The Kier molecular flexibility index (Phi) is 4.12. The van der Waals surface area contributed by atoms with E-state index in [0.29, 0.717) is 12.5 Å². The third-order valence-electron chi connectivity index (χ3n) is 2.93. The number of rotatable bonds is 7. The summed E-state index contributed by atoms with van der Waals surface area (Å²) in [6, 6.07) is -0.397. The van der Waals surface area contributed by atoms with E-state index in [0.717, 1.165) is 36.4 Å². The molecule has 17 heavy (non-hydrogen) atoms. The van der Waals surface area contributed by atoms with Gasteiger partial charge in [-0.05, 0) is 31.6 Å². The monoisotopic (exact) mass is 254 g/mol. The van der Waals surface area contributed by atoms with Crippen molar-refractivity contribution in [2.24, 2.45) is 5.92 Å². The van der Waals surface area contributed by atoms with Gasteiger partial charge in [0.05, 0.1) is 10.7 Å². The van der Waals surface area contributed by atoms with Crippen LogP contribution in [0, 0.1) is 5.92 Å². The number of thiazole rings is 1. The Labute approximate surface area is 105 Å². The van der Waals surface area contributed by atoms with Gasteiger partial charge in [-0.25, -0.2) is 4.98 Å². The molecule has 1 unspecified atom stereocenters. The highest BCUT2D eigenvalue weighted by Crippen LogP contribution is 2.32.